The van der Waals surface area contributed by atoms with Gasteiger partial charge in [0.1, 0.15) is 18.1 Å². The van der Waals surface area contributed by atoms with Crippen molar-refractivity contribution < 1.29 is 18.8 Å². The van der Waals surface area contributed by atoms with Gasteiger partial charge in [-0.25, -0.2) is 4.79 Å². The van der Waals surface area contributed by atoms with Gasteiger partial charge in [0.15, 0.2) is 5.54 Å². The highest BCUT2D eigenvalue weighted by atomic mass is 16.3. The Morgan fingerprint density at radius 2 is 2.04 bits per heavy atom. The van der Waals surface area contributed by atoms with Crippen LogP contribution in [0.3, 0.4) is 0 Å². The minimum atomic E-state index is -1.27. The van der Waals surface area contributed by atoms with Crippen LogP contribution in [0.1, 0.15) is 51.1 Å². The highest BCUT2D eigenvalue weighted by Crippen LogP contribution is 2.29. The van der Waals surface area contributed by atoms with Gasteiger partial charge in [0, 0.05) is 6.54 Å². The highest BCUT2D eigenvalue weighted by molar-refractivity contribution is 6.08. The molecule has 0 bridgehead atoms. The number of hydrogen-bond donors (Lipinski definition) is 2. The Morgan fingerprint density at radius 1 is 1.29 bits per heavy atom. The predicted octanol–water partition coefficient (Wildman–Crippen LogP) is 2.05. The molecule has 24 heavy (non-hydrogen) atoms. The summed E-state index contributed by atoms with van der Waals surface area (Å²) in [5.41, 5.74) is -1.27. The van der Waals surface area contributed by atoms with Crippen LogP contribution in [-0.4, -0.2) is 35.8 Å². The minimum absolute atomic E-state index is 0.284. The zero-order valence-electron chi connectivity index (χ0n) is 14.5. The first kappa shape index (κ1) is 18.0. The number of imide groups is 1. The highest BCUT2D eigenvalue weighted by Gasteiger charge is 2.51. The number of aryl methyl sites for hydroxylation is 1. The lowest BCUT2D eigenvalue weighted by molar-refractivity contribution is -0.135. The number of carbonyl (C=O) groups excluding carboxylic acids is 3. The third-order valence-corrected chi connectivity index (χ3v) is 4.16. The molecule has 132 valence electrons. The molecule has 1 aliphatic rings. The molecule has 7 heteroatoms. The molecule has 1 unspecified atom stereocenters. The summed E-state index contributed by atoms with van der Waals surface area (Å²) in [4.78, 5) is 37.6. The molecule has 4 amide bonds. The summed E-state index contributed by atoms with van der Waals surface area (Å²) >= 11 is 0. The first-order valence-electron chi connectivity index (χ1n) is 8.36. The fourth-order valence-electron chi connectivity index (χ4n) is 2.69. The topological polar surface area (TPSA) is 91.7 Å². The molecule has 1 aliphatic heterocycles. The maximum atomic E-state index is 12.6. The van der Waals surface area contributed by atoms with Crippen molar-refractivity contribution in [1.29, 1.82) is 0 Å². The number of rotatable bonds is 8. The Kier molecular flexibility index (Phi) is 5.64. The zero-order valence-corrected chi connectivity index (χ0v) is 14.5. The molecule has 1 aromatic rings. The Balaban J connectivity index is 1.93. The van der Waals surface area contributed by atoms with E-state index in [9.17, 15) is 14.4 Å². The standard InChI is InChI=1S/C17H25N3O4/c1-4-5-6-7-10-18-14(21)11-20-15(22)17(3,19-16(20)23)13-9-8-12(2)24-13/h8-9H,4-7,10-11H2,1-3H3,(H,18,21)(H,19,23). The molecule has 0 spiro atoms. The Morgan fingerprint density at radius 3 is 2.67 bits per heavy atom. The number of carbonyl (C=O) groups is 3. The molecule has 1 saturated heterocycles. The lowest BCUT2D eigenvalue weighted by Crippen LogP contribution is -2.43. The summed E-state index contributed by atoms with van der Waals surface area (Å²) in [6, 6.07) is 2.80. The molecule has 0 aromatic carbocycles. The molecule has 1 fully saturated rings. The molecule has 2 N–H and O–H groups in total. The van der Waals surface area contributed by atoms with Crippen molar-refractivity contribution in [3.05, 3.63) is 23.7 Å². The predicted molar refractivity (Wildman–Crippen MR) is 88.2 cm³/mol. The van der Waals surface area contributed by atoms with Crippen LogP contribution < -0.4 is 10.6 Å². The molecule has 0 saturated carbocycles. The van der Waals surface area contributed by atoms with Crippen LogP contribution in [0.5, 0.6) is 0 Å². The normalized spacial score (nSPS) is 20.4. The van der Waals surface area contributed by atoms with Crippen LogP contribution in [-0.2, 0) is 15.1 Å². The molecule has 2 heterocycles. The van der Waals surface area contributed by atoms with E-state index in [1.165, 1.54) is 0 Å². The van der Waals surface area contributed by atoms with Crippen molar-refractivity contribution in [3.8, 4) is 0 Å². The van der Waals surface area contributed by atoms with E-state index in [4.69, 9.17) is 4.42 Å². The van der Waals surface area contributed by atoms with Crippen LogP contribution in [0.2, 0.25) is 0 Å². The van der Waals surface area contributed by atoms with Gasteiger partial charge in [-0.15, -0.1) is 0 Å². The smallest absolute Gasteiger partial charge is 0.325 e. The van der Waals surface area contributed by atoms with Gasteiger partial charge in [-0.05, 0) is 32.4 Å². The van der Waals surface area contributed by atoms with Crippen LogP contribution in [0, 0.1) is 6.92 Å². The number of nitrogens with one attached hydrogen (secondary N) is 2. The van der Waals surface area contributed by atoms with E-state index in [-0.39, 0.29) is 12.5 Å². The van der Waals surface area contributed by atoms with E-state index in [0.717, 1.165) is 30.6 Å². The van der Waals surface area contributed by atoms with Gasteiger partial charge in [0.2, 0.25) is 5.91 Å². The second-order valence-electron chi connectivity index (χ2n) is 6.27. The van der Waals surface area contributed by atoms with Crippen LogP contribution in [0.4, 0.5) is 4.79 Å². The largest absolute Gasteiger partial charge is 0.463 e. The van der Waals surface area contributed by atoms with Crippen molar-refractivity contribution in [2.75, 3.05) is 13.1 Å². The quantitative estimate of drug-likeness (QED) is 0.562. The average molecular weight is 335 g/mol. The van der Waals surface area contributed by atoms with Gasteiger partial charge in [-0.2, -0.15) is 0 Å². The Labute approximate surface area is 141 Å². The molecule has 0 radical (unpaired) electrons. The lowest BCUT2D eigenvalue weighted by Gasteiger charge is -2.19. The van der Waals surface area contributed by atoms with Crippen molar-refractivity contribution in [3.63, 3.8) is 0 Å². The summed E-state index contributed by atoms with van der Waals surface area (Å²) < 4.78 is 5.48. The number of hydrogen-bond acceptors (Lipinski definition) is 4. The van der Waals surface area contributed by atoms with Crippen molar-refractivity contribution >= 4 is 17.8 Å². The summed E-state index contributed by atoms with van der Waals surface area (Å²) in [6.07, 6.45) is 4.20. The first-order valence-corrected chi connectivity index (χ1v) is 8.36. The number of nitrogens with zero attached hydrogens (tertiary/aromatic N) is 1. The second kappa shape index (κ2) is 7.51. The molecule has 2 rings (SSSR count). The number of urea groups is 1. The van der Waals surface area contributed by atoms with Crippen LogP contribution >= 0.6 is 0 Å². The van der Waals surface area contributed by atoms with Crippen LogP contribution in [0.25, 0.3) is 0 Å². The van der Waals surface area contributed by atoms with Crippen LogP contribution in [0.15, 0.2) is 16.5 Å². The van der Waals surface area contributed by atoms with Crippen molar-refractivity contribution in [2.45, 2.75) is 52.0 Å². The van der Waals surface area contributed by atoms with E-state index in [2.05, 4.69) is 17.6 Å². The number of furan rings is 1. The monoisotopic (exact) mass is 335 g/mol. The minimum Gasteiger partial charge on any atom is -0.463 e. The van der Waals surface area contributed by atoms with Gasteiger partial charge >= 0.3 is 6.03 Å². The number of unbranched alkanes of at least 4 members (excludes halogenated alkanes) is 3. The van der Waals surface area contributed by atoms with E-state index >= 15 is 0 Å². The first-order chi connectivity index (χ1) is 11.4. The SMILES string of the molecule is CCCCCCNC(=O)CN1C(=O)NC(C)(c2ccc(C)o2)C1=O. The zero-order chi connectivity index (χ0) is 17.7. The molecule has 1 atom stereocenters. The van der Waals surface area contributed by atoms with Gasteiger partial charge in [0.05, 0.1) is 0 Å². The Bertz CT molecular complexity index is 625. The lowest BCUT2D eigenvalue weighted by atomic mass is 9.99. The summed E-state index contributed by atoms with van der Waals surface area (Å²) in [7, 11) is 0. The molecule has 0 aliphatic carbocycles. The van der Waals surface area contributed by atoms with E-state index < -0.39 is 17.5 Å². The maximum absolute atomic E-state index is 12.6. The van der Waals surface area contributed by atoms with E-state index in [1.54, 1.807) is 26.0 Å². The maximum Gasteiger partial charge on any atom is 0.325 e. The fourth-order valence-corrected chi connectivity index (χ4v) is 2.69. The molecule has 7 nitrogen and oxygen atoms in total. The molecular weight excluding hydrogens is 310 g/mol. The molecular formula is C17H25N3O4. The van der Waals surface area contributed by atoms with Gasteiger partial charge < -0.3 is 15.1 Å². The third kappa shape index (κ3) is 3.77. The van der Waals surface area contributed by atoms with Crippen molar-refractivity contribution in [2.24, 2.45) is 0 Å². The average Bonchev–Trinajstić information content (AvgIpc) is 3.06. The number of amides is 4. The van der Waals surface area contributed by atoms with Gasteiger partial charge in [0.25, 0.3) is 5.91 Å². The third-order valence-electron chi connectivity index (χ3n) is 4.16. The van der Waals surface area contributed by atoms with Gasteiger partial charge in [-0.1, -0.05) is 26.2 Å². The van der Waals surface area contributed by atoms with E-state index in [1.807, 2.05) is 0 Å². The van der Waals surface area contributed by atoms with Gasteiger partial charge in [-0.3, -0.25) is 14.5 Å². The summed E-state index contributed by atoms with van der Waals surface area (Å²) in [5, 5.41) is 5.36. The summed E-state index contributed by atoms with van der Waals surface area (Å²) in [6.45, 7) is 5.73. The van der Waals surface area contributed by atoms with E-state index in [0.29, 0.717) is 18.1 Å². The second-order valence-corrected chi connectivity index (χ2v) is 6.27. The fraction of sp³-hybridized carbons (Fsp3) is 0.588. The van der Waals surface area contributed by atoms with Crippen molar-refractivity contribution in [1.82, 2.24) is 15.5 Å². The summed E-state index contributed by atoms with van der Waals surface area (Å²) in [5.74, 6) is 0.190. The molecule has 1 aromatic heterocycles. The Hall–Kier alpha value is -2.31.